The molecule has 3 N–H and O–H groups in total. The molecule has 134 valence electrons. The number of aromatic amines is 1. The van der Waals surface area contributed by atoms with Gasteiger partial charge in [-0.3, -0.25) is 0 Å². The molecule has 2 aliphatic rings. The minimum Gasteiger partial charge on any atom is -0.393 e. The minimum atomic E-state index is -0.00926. The fourth-order valence-corrected chi connectivity index (χ4v) is 3.06. The third kappa shape index (κ3) is 4.52. The quantitative estimate of drug-likeness (QED) is 0.731. The van der Waals surface area contributed by atoms with Crippen LogP contribution in [0.3, 0.4) is 0 Å². The summed E-state index contributed by atoms with van der Waals surface area (Å²) in [6, 6.07) is 1.99. The summed E-state index contributed by atoms with van der Waals surface area (Å²) in [7, 11) is 0. The highest BCUT2D eigenvalue weighted by Gasteiger charge is 2.27. The number of H-pyrrole nitrogens is 1. The number of anilines is 1. The molecule has 2 aromatic heterocycles. The highest BCUT2D eigenvalue weighted by Crippen LogP contribution is 2.30. The molecule has 5 heteroatoms. The fraction of sp³-hybridized carbons (Fsp3) is 0.600. The molecule has 2 aliphatic carbocycles. The third-order valence-corrected chi connectivity index (χ3v) is 5.17. The van der Waals surface area contributed by atoms with Crippen LogP contribution in [0.5, 0.6) is 0 Å². The van der Waals surface area contributed by atoms with Gasteiger partial charge in [-0.05, 0) is 56.4 Å². The minimum absolute atomic E-state index is 0.00926. The number of hydrogen-bond donors (Lipinski definition) is 3. The Hall–Kier alpha value is -2.06. The van der Waals surface area contributed by atoms with Crippen LogP contribution in [-0.4, -0.2) is 32.7 Å². The van der Waals surface area contributed by atoms with Crippen molar-refractivity contribution in [3.63, 3.8) is 0 Å². The Morgan fingerprint density at radius 2 is 2.08 bits per heavy atom. The first-order valence-corrected chi connectivity index (χ1v) is 9.36. The van der Waals surface area contributed by atoms with Gasteiger partial charge in [0.15, 0.2) is 5.65 Å². The molecule has 0 aromatic carbocycles. The van der Waals surface area contributed by atoms with Crippen LogP contribution >= 0.6 is 0 Å². The lowest BCUT2D eigenvalue weighted by Gasteiger charge is -2.10. The molecule has 3 atom stereocenters. The number of imidazole rings is 1. The molecule has 2 saturated carbocycles. The SMILES string of the molecule is CC1CCC(O)C1C.CCNc1cc(C#CC2CC2)nc2nc[nH]c12. The Morgan fingerprint density at radius 1 is 1.28 bits per heavy atom. The largest absolute Gasteiger partial charge is 0.393 e. The Kier molecular flexibility index (Phi) is 5.60. The van der Waals surface area contributed by atoms with Gasteiger partial charge in [-0.15, -0.1) is 0 Å². The lowest BCUT2D eigenvalue weighted by atomic mass is 10.00. The Bertz CT molecular complexity index is 759. The number of pyridine rings is 1. The van der Waals surface area contributed by atoms with E-state index in [2.05, 4.69) is 52.9 Å². The van der Waals surface area contributed by atoms with Gasteiger partial charge in [0.1, 0.15) is 11.2 Å². The number of aliphatic hydroxyl groups excluding tert-OH is 1. The van der Waals surface area contributed by atoms with Crippen molar-refractivity contribution in [2.24, 2.45) is 17.8 Å². The summed E-state index contributed by atoms with van der Waals surface area (Å²) in [5.74, 6) is 8.22. The number of fused-ring (bicyclic) bond motifs is 1. The monoisotopic (exact) mass is 340 g/mol. The van der Waals surface area contributed by atoms with Crippen LogP contribution in [-0.2, 0) is 0 Å². The normalized spacial score (nSPS) is 25.0. The van der Waals surface area contributed by atoms with E-state index in [1.807, 2.05) is 6.07 Å². The molecule has 0 aliphatic heterocycles. The number of rotatable bonds is 2. The van der Waals surface area contributed by atoms with Gasteiger partial charge in [-0.1, -0.05) is 19.8 Å². The van der Waals surface area contributed by atoms with E-state index < -0.39 is 0 Å². The van der Waals surface area contributed by atoms with Crippen LogP contribution in [0.15, 0.2) is 12.4 Å². The van der Waals surface area contributed by atoms with E-state index in [4.69, 9.17) is 5.11 Å². The van der Waals surface area contributed by atoms with Crippen LogP contribution in [0.4, 0.5) is 5.69 Å². The van der Waals surface area contributed by atoms with E-state index >= 15 is 0 Å². The Labute approximate surface area is 149 Å². The van der Waals surface area contributed by atoms with Gasteiger partial charge in [-0.2, -0.15) is 0 Å². The number of nitrogens with zero attached hydrogens (tertiary/aromatic N) is 2. The van der Waals surface area contributed by atoms with Gasteiger partial charge in [0.25, 0.3) is 0 Å². The molecule has 0 amide bonds. The predicted octanol–water partition coefficient (Wildman–Crippen LogP) is 3.56. The van der Waals surface area contributed by atoms with Gasteiger partial charge in [0, 0.05) is 12.5 Å². The second kappa shape index (κ2) is 7.88. The number of aliphatic hydroxyl groups is 1. The molecule has 25 heavy (non-hydrogen) atoms. The first-order chi connectivity index (χ1) is 12.1. The van der Waals surface area contributed by atoms with E-state index in [-0.39, 0.29) is 6.10 Å². The lowest BCUT2D eigenvalue weighted by Crippen LogP contribution is -2.12. The maximum atomic E-state index is 9.17. The van der Waals surface area contributed by atoms with Crippen molar-refractivity contribution in [2.75, 3.05) is 11.9 Å². The molecule has 2 heterocycles. The average molecular weight is 340 g/mol. The van der Waals surface area contributed by atoms with Crippen LogP contribution in [0.2, 0.25) is 0 Å². The van der Waals surface area contributed by atoms with Crippen molar-refractivity contribution in [3.05, 3.63) is 18.1 Å². The summed E-state index contributed by atoms with van der Waals surface area (Å²) < 4.78 is 0. The van der Waals surface area contributed by atoms with Crippen molar-refractivity contribution in [1.82, 2.24) is 15.0 Å². The molecule has 2 aromatic rings. The maximum Gasteiger partial charge on any atom is 0.180 e. The summed E-state index contributed by atoms with van der Waals surface area (Å²) in [6.07, 6.45) is 6.35. The smallest absolute Gasteiger partial charge is 0.180 e. The van der Waals surface area contributed by atoms with E-state index in [0.29, 0.717) is 11.8 Å². The van der Waals surface area contributed by atoms with Crippen LogP contribution in [0.1, 0.15) is 52.1 Å². The molecule has 5 nitrogen and oxygen atoms in total. The predicted molar refractivity (Wildman–Crippen MR) is 101 cm³/mol. The van der Waals surface area contributed by atoms with E-state index in [0.717, 1.165) is 41.4 Å². The Balaban J connectivity index is 0.000000192. The fourth-order valence-electron chi connectivity index (χ4n) is 3.06. The number of aromatic nitrogens is 3. The van der Waals surface area contributed by atoms with Crippen molar-refractivity contribution in [1.29, 1.82) is 0 Å². The molecule has 0 radical (unpaired) electrons. The first-order valence-electron chi connectivity index (χ1n) is 9.36. The standard InChI is InChI=1S/C13H14N4.C7H14O/c1-2-14-11-7-10(6-5-9-3-4-9)17-13-12(11)15-8-16-13;1-5-3-4-7(8)6(5)2/h7-9H,2-4H2,1H3,(H2,14,15,16,17);5-8H,3-4H2,1-2H3. The number of hydrogen-bond acceptors (Lipinski definition) is 4. The van der Waals surface area contributed by atoms with Crippen molar-refractivity contribution >= 4 is 16.9 Å². The van der Waals surface area contributed by atoms with E-state index in [9.17, 15) is 0 Å². The summed E-state index contributed by atoms with van der Waals surface area (Å²) in [6.45, 7) is 7.27. The van der Waals surface area contributed by atoms with Crippen molar-refractivity contribution in [2.45, 2.75) is 52.6 Å². The zero-order valence-corrected chi connectivity index (χ0v) is 15.3. The highest BCUT2D eigenvalue weighted by atomic mass is 16.3. The van der Waals surface area contributed by atoms with E-state index in [1.54, 1.807) is 6.33 Å². The zero-order valence-electron chi connectivity index (χ0n) is 15.3. The molecular formula is C20H28N4O. The first kappa shape index (κ1) is 17.8. The van der Waals surface area contributed by atoms with Gasteiger partial charge >= 0.3 is 0 Å². The van der Waals surface area contributed by atoms with Crippen molar-refractivity contribution < 1.29 is 5.11 Å². The summed E-state index contributed by atoms with van der Waals surface area (Å²) >= 11 is 0. The highest BCUT2D eigenvalue weighted by molar-refractivity contribution is 5.85. The van der Waals surface area contributed by atoms with Gasteiger partial charge in [0.2, 0.25) is 0 Å². The number of nitrogens with one attached hydrogen (secondary N) is 2. The Morgan fingerprint density at radius 3 is 2.64 bits per heavy atom. The third-order valence-electron chi connectivity index (χ3n) is 5.17. The van der Waals surface area contributed by atoms with E-state index in [1.165, 1.54) is 19.3 Å². The molecule has 0 saturated heterocycles. The van der Waals surface area contributed by atoms with Crippen LogP contribution in [0, 0.1) is 29.6 Å². The second-order valence-corrected chi connectivity index (χ2v) is 7.21. The molecular weight excluding hydrogens is 312 g/mol. The molecule has 0 bridgehead atoms. The second-order valence-electron chi connectivity index (χ2n) is 7.21. The molecule has 0 spiro atoms. The molecule has 3 unspecified atom stereocenters. The maximum absolute atomic E-state index is 9.17. The van der Waals surface area contributed by atoms with Crippen LogP contribution < -0.4 is 5.32 Å². The van der Waals surface area contributed by atoms with Crippen LogP contribution in [0.25, 0.3) is 11.2 Å². The summed E-state index contributed by atoms with van der Waals surface area (Å²) in [5, 5.41) is 12.5. The lowest BCUT2D eigenvalue weighted by molar-refractivity contribution is 0.130. The summed E-state index contributed by atoms with van der Waals surface area (Å²) in [5.41, 5.74) is 3.50. The van der Waals surface area contributed by atoms with Gasteiger partial charge < -0.3 is 15.4 Å². The van der Waals surface area contributed by atoms with Gasteiger partial charge in [0.05, 0.1) is 18.1 Å². The average Bonchev–Trinajstić information content (AvgIpc) is 3.25. The van der Waals surface area contributed by atoms with Crippen molar-refractivity contribution in [3.8, 4) is 11.8 Å². The molecule has 2 fully saturated rings. The topological polar surface area (TPSA) is 73.8 Å². The zero-order chi connectivity index (χ0) is 17.8. The molecule has 4 rings (SSSR count). The van der Waals surface area contributed by atoms with Gasteiger partial charge in [-0.25, -0.2) is 9.97 Å². The summed E-state index contributed by atoms with van der Waals surface area (Å²) in [4.78, 5) is 11.7.